The molecule has 0 bridgehead atoms. The summed E-state index contributed by atoms with van der Waals surface area (Å²) in [6.45, 7) is 0. The lowest BCUT2D eigenvalue weighted by Gasteiger charge is -2.06. The standard InChI is InChI=1S/C17H11F3N2OS/c18-15-4-2-1-3-11(15)9-12(10-21)16(23)22-13-5-7-14(8-6-13)24-17(19)20/h1-9,17H,(H,22,23)/b12-9+. The second-order valence-electron chi connectivity index (χ2n) is 4.55. The number of benzene rings is 2. The van der Waals surface area contributed by atoms with E-state index in [4.69, 9.17) is 5.26 Å². The number of hydrogen-bond acceptors (Lipinski definition) is 3. The molecule has 2 aromatic carbocycles. The number of anilines is 1. The maximum Gasteiger partial charge on any atom is 0.288 e. The Kier molecular flexibility index (Phi) is 6.04. The van der Waals surface area contributed by atoms with E-state index >= 15 is 0 Å². The van der Waals surface area contributed by atoms with Gasteiger partial charge in [0.15, 0.2) is 0 Å². The van der Waals surface area contributed by atoms with E-state index in [0.29, 0.717) is 22.3 Å². The Morgan fingerprint density at radius 2 is 1.83 bits per heavy atom. The summed E-state index contributed by atoms with van der Waals surface area (Å²) >= 11 is 0.389. The highest BCUT2D eigenvalue weighted by Crippen LogP contribution is 2.26. The lowest BCUT2D eigenvalue weighted by Crippen LogP contribution is -2.13. The fraction of sp³-hybridized carbons (Fsp3) is 0.0588. The van der Waals surface area contributed by atoms with Crippen molar-refractivity contribution in [2.24, 2.45) is 0 Å². The number of carbonyl (C=O) groups excluding carboxylic acids is 1. The predicted molar refractivity (Wildman–Crippen MR) is 86.9 cm³/mol. The van der Waals surface area contributed by atoms with Crippen LogP contribution in [0.5, 0.6) is 0 Å². The van der Waals surface area contributed by atoms with E-state index in [0.717, 1.165) is 6.08 Å². The first-order chi connectivity index (χ1) is 11.5. The Balaban J connectivity index is 2.13. The maximum absolute atomic E-state index is 13.6. The van der Waals surface area contributed by atoms with E-state index in [-0.39, 0.29) is 11.1 Å². The minimum atomic E-state index is -2.53. The van der Waals surface area contributed by atoms with Gasteiger partial charge >= 0.3 is 0 Å². The van der Waals surface area contributed by atoms with Gasteiger partial charge in [-0.15, -0.1) is 0 Å². The van der Waals surface area contributed by atoms with Gasteiger partial charge in [0.2, 0.25) is 0 Å². The molecule has 0 heterocycles. The van der Waals surface area contributed by atoms with Crippen molar-refractivity contribution < 1.29 is 18.0 Å². The number of alkyl halides is 2. The van der Waals surface area contributed by atoms with Crippen LogP contribution in [-0.4, -0.2) is 11.7 Å². The molecule has 0 spiro atoms. The van der Waals surface area contributed by atoms with Gasteiger partial charge < -0.3 is 5.32 Å². The fourth-order valence-electron chi connectivity index (χ4n) is 1.81. The van der Waals surface area contributed by atoms with E-state index in [9.17, 15) is 18.0 Å². The normalized spacial score (nSPS) is 11.2. The zero-order valence-corrected chi connectivity index (χ0v) is 13.0. The summed E-state index contributed by atoms with van der Waals surface area (Å²) in [6.07, 6.45) is 1.14. The van der Waals surface area contributed by atoms with Crippen molar-refractivity contribution in [3.05, 3.63) is 65.5 Å². The van der Waals surface area contributed by atoms with Crippen LogP contribution in [-0.2, 0) is 4.79 Å². The summed E-state index contributed by atoms with van der Waals surface area (Å²) in [5, 5.41) is 11.5. The van der Waals surface area contributed by atoms with Crippen molar-refractivity contribution in [3.63, 3.8) is 0 Å². The number of nitriles is 1. The summed E-state index contributed by atoms with van der Waals surface area (Å²) in [6, 6.07) is 13.2. The highest BCUT2D eigenvalue weighted by molar-refractivity contribution is 7.99. The third-order valence-electron chi connectivity index (χ3n) is 2.91. The molecule has 0 aromatic heterocycles. The topological polar surface area (TPSA) is 52.9 Å². The molecule has 2 rings (SSSR count). The molecule has 1 amide bonds. The molecule has 0 aliphatic rings. The molecule has 2 aromatic rings. The molecule has 0 unspecified atom stereocenters. The molecule has 1 N–H and O–H groups in total. The number of carbonyl (C=O) groups is 1. The van der Waals surface area contributed by atoms with Gasteiger partial charge in [0.05, 0.1) is 0 Å². The molecule has 7 heteroatoms. The highest BCUT2D eigenvalue weighted by atomic mass is 32.2. The predicted octanol–water partition coefficient (Wildman–Crippen LogP) is 4.69. The van der Waals surface area contributed by atoms with Crippen molar-refractivity contribution in [1.82, 2.24) is 0 Å². The van der Waals surface area contributed by atoms with E-state index in [1.54, 1.807) is 12.1 Å². The van der Waals surface area contributed by atoms with E-state index in [2.05, 4.69) is 5.32 Å². The summed E-state index contributed by atoms with van der Waals surface area (Å²) in [7, 11) is 0. The van der Waals surface area contributed by atoms with Crippen molar-refractivity contribution in [2.45, 2.75) is 10.7 Å². The van der Waals surface area contributed by atoms with Crippen LogP contribution in [0.3, 0.4) is 0 Å². The Bertz CT molecular complexity index is 798. The Hall–Kier alpha value is -2.72. The average molecular weight is 348 g/mol. The number of thioether (sulfide) groups is 1. The highest BCUT2D eigenvalue weighted by Gasteiger charge is 2.11. The second-order valence-corrected chi connectivity index (χ2v) is 5.61. The van der Waals surface area contributed by atoms with Crippen LogP contribution < -0.4 is 5.32 Å². The minimum absolute atomic E-state index is 0.118. The molecule has 0 radical (unpaired) electrons. The van der Waals surface area contributed by atoms with Gasteiger partial charge in [-0.05, 0) is 36.4 Å². The average Bonchev–Trinajstić information content (AvgIpc) is 2.55. The van der Waals surface area contributed by atoms with Crippen LogP contribution in [0.4, 0.5) is 18.9 Å². The minimum Gasteiger partial charge on any atom is -0.321 e. The van der Waals surface area contributed by atoms with Crippen LogP contribution in [0.25, 0.3) is 6.08 Å². The lowest BCUT2D eigenvalue weighted by atomic mass is 10.1. The van der Waals surface area contributed by atoms with Crippen molar-refractivity contribution in [3.8, 4) is 6.07 Å². The maximum atomic E-state index is 13.6. The monoisotopic (exact) mass is 348 g/mol. The van der Waals surface area contributed by atoms with Crippen molar-refractivity contribution in [1.29, 1.82) is 5.26 Å². The molecule has 0 aliphatic heterocycles. The molecular formula is C17H11F3N2OS. The number of nitrogens with zero attached hydrogens (tertiary/aromatic N) is 1. The molecule has 3 nitrogen and oxygen atoms in total. The zero-order chi connectivity index (χ0) is 17.5. The van der Waals surface area contributed by atoms with Crippen LogP contribution in [0.1, 0.15) is 5.56 Å². The van der Waals surface area contributed by atoms with Crippen LogP contribution in [0.2, 0.25) is 0 Å². The van der Waals surface area contributed by atoms with Gasteiger partial charge in [-0.2, -0.15) is 14.0 Å². The largest absolute Gasteiger partial charge is 0.321 e. The number of halogens is 3. The first kappa shape index (κ1) is 17.6. The second kappa shape index (κ2) is 8.22. The third kappa shape index (κ3) is 4.89. The smallest absolute Gasteiger partial charge is 0.288 e. The molecule has 24 heavy (non-hydrogen) atoms. The molecule has 0 saturated carbocycles. The van der Waals surface area contributed by atoms with E-state index in [1.807, 2.05) is 0 Å². The molecule has 122 valence electrons. The fourth-order valence-corrected chi connectivity index (χ4v) is 2.31. The first-order valence-electron chi connectivity index (χ1n) is 6.72. The lowest BCUT2D eigenvalue weighted by molar-refractivity contribution is -0.112. The first-order valence-corrected chi connectivity index (χ1v) is 7.60. The van der Waals surface area contributed by atoms with Crippen LogP contribution in [0.15, 0.2) is 59.0 Å². The number of nitrogens with one attached hydrogen (secondary N) is 1. The number of hydrogen-bond donors (Lipinski definition) is 1. The van der Waals surface area contributed by atoms with Gasteiger partial charge in [0.25, 0.3) is 11.7 Å². The summed E-state index contributed by atoms with van der Waals surface area (Å²) in [5.74, 6) is -3.79. The summed E-state index contributed by atoms with van der Waals surface area (Å²) in [4.78, 5) is 12.4. The molecular weight excluding hydrogens is 337 g/mol. The van der Waals surface area contributed by atoms with Gasteiger partial charge in [0.1, 0.15) is 17.5 Å². The van der Waals surface area contributed by atoms with Gasteiger partial charge in [0, 0.05) is 16.1 Å². The Morgan fingerprint density at radius 1 is 1.17 bits per heavy atom. The molecule has 0 fully saturated rings. The Labute approximate surface area is 140 Å². The summed E-state index contributed by atoms with van der Waals surface area (Å²) in [5.41, 5.74) is 0.187. The van der Waals surface area contributed by atoms with Crippen LogP contribution in [0, 0.1) is 17.1 Å². The summed E-state index contributed by atoms with van der Waals surface area (Å²) < 4.78 is 38.1. The van der Waals surface area contributed by atoms with E-state index < -0.39 is 17.5 Å². The number of amides is 1. The van der Waals surface area contributed by atoms with Crippen molar-refractivity contribution >= 4 is 29.4 Å². The quantitative estimate of drug-likeness (QED) is 0.485. The van der Waals surface area contributed by atoms with E-state index in [1.165, 1.54) is 42.5 Å². The van der Waals surface area contributed by atoms with Gasteiger partial charge in [-0.1, -0.05) is 30.0 Å². The third-order valence-corrected chi connectivity index (χ3v) is 3.63. The van der Waals surface area contributed by atoms with Crippen molar-refractivity contribution in [2.75, 3.05) is 5.32 Å². The van der Waals surface area contributed by atoms with Crippen LogP contribution >= 0.6 is 11.8 Å². The zero-order valence-electron chi connectivity index (χ0n) is 12.2. The molecule has 0 atom stereocenters. The SMILES string of the molecule is N#C/C(=C\c1ccccc1F)C(=O)Nc1ccc(SC(F)F)cc1. The molecule has 0 aliphatic carbocycles. The van der Waals surface area contributed by atoms with Gasteiger partial charge in [-0.25, -0.2) is 4.39 Å². The number of rotatable bonds is 5. The van der Waals surface area contributed by atoms with Gasteiger partial charge in [-0.3, -0.25) is 4.79 Å². The Morgan fingerprint density at radius 3 is 2.42 bits per heavy atom. The molecule has 0 saturated heterocycles.